The van der Waals surface area contributed by atoms with Crippen LogP contribution in [0.3, 0.4) is 0 Å². The predicted octanol–water partition coefficient (Wildman–Crippen LogP) is 0.701. The van der Waals surface area contributed by atoms with Crippen molar-refractivity contribution in [3.8, 4) is 11.5 Å². The average Bonchev–Trinajstić information content (AvgIpc) is 2.64. The monoisotopic (exact) mass is 208 g/mol. The Morgan fingerprint density at radius 3 is 2.93 bits per heavy atom. The molecule has 5 heteroatoms. The number of fused-ring (bicyclic) bond motifs is 1. The molecule has 1 heterocycles. The normalized spacial score (nSPS) is 14.7. The fourth-order valence-electron chi connectivity index (χ4n) is 1.31. The molecule has 0 aromatic heterocycles. The highest BCUT2D eigenvalue weighted by Gasteiger charge is 2.14. The molecule has 1 atom stereocenters. The molecule has 1 aliphatic rings. The highest BCUT2D eigenvalue weighted by molar-refractivity contribution is 5.82. The van der Waals surface area contributed by atoms with Gasteiger partial charge in [-0.2, -0.15) is 0 Å². The van der Waals surface area contributed by atoms with Crippen molar-refractivity contribution in [2.45, 2.75) is 13.0 Å². The van der Waals surface area contributed by atoms with Crippen LogP contribution in [-0.2, 0) is 4.79 Å². The number of nitrogens with one attached hydrogen (secondary N) is 1. The molecule has 0 bridgehead atoms. The molecule has 5 nitrogen and oxygen atoms in total. The van der Waals surface area contributed by atoms with E-state index in [1.807, 2.05) is 6.07 Å². The maximum Gasteiger partial charge on any atom is 0.239 e. The minimum atomic E-state index is -0.412. The number of nitrogens with two attached hydrogens (primary N) is 1. The molecule has 80 valence electrons. The molecule has 0 saturated heterocycles. The highest BCUT2D eigenvalue weighted by atomic mass is 16.7. The summed E-state index contributed by atoms with van der Waals surface area (Å²) in [5.74, 6) is 0.997. The van der Waals surface area contributed by atoms with Crippen LogP contribution in [0.5, 0.6) is 11.5 Å². The van der Waals surface area contributed by atoms with Crippen LogP contribution in [0.1, 0.15) is 6.92 Å². The van der Waals surface area contributed by atoms with E-state index in [9.17, 15) is 4.79 Å². The lowest BCUT2D eigenvalue weighted by Gasteiger charge is -2.11. The Balaban J connectivity index is 2.13. The molecule has 1 aromatic carbocycles. The summed E-state index contributed by atoms with van der Waals surface area (Å²) in [5.41, 5.74) is 5.92. The molecule has 1 aromatic rings. The Morgan fingerprint density at radius 2 is 2.20 bits per heavy atom. The summed E-state index contributed by atoms with van der Waals surface area (Å²) < 4.78 is 10.4. The third-order valence-electron chi connectivity index (χ3n) is 2.18. The van der Waals surface area contributed by atoms with Crippen LogP contribution in [0, 0.1) is 0 Å². The van der Waals surface area contributed by atoms with Crippen molar-refractivity contribution in [2.75, 3.05) is 12.1 Å². The molecule has 0 fully saturated rings. The van der Waals surface area contributed by atoms with Gasteiger partial charge in [0.05, 0.1) is 0 Å². The van der Waals surface area contributed by atoms with Crippen molar-refractivity contribution in [1.29, 1.82) is 0 Å². The van der Waals surface area contributed by atoms with E-state index in [1.165, 1.54) is 0 Å². The van der Waals surface area contributed by atoms with E-state index in [-0.39, 0.29) is 6.79 Å². The van der Waals surface area contributed by atoms with E-state index >= 15 is 0 Å². The number of benzene rings is 1. The van der Waals surface area contributed by atoms with Gasteiger partial charge >= 0.3 is 0 Å². The first-order valence-corrected chi connectivity index (χ1v) is 4.62. The third kappa shape index (κ3) is 1.96. The van der Waals surface area contributed by atoms with Crippen LogP contribution in [0.4, 0.5) is 5.69 Å². The molecule has 1 amide bonds. The van der Waals surface area contributed by atoms with Gasteiger partial charge in [0, 0.05) is 11.8 Å². The van der Waals surface area contributed by atoms with Crippen LogP contribution in [0.25, 0.3) is 0 Å². The van der Waals surface area contributed by atoms with Gasteiger partial charge in [0.1, 0.15) is 6.04 Å². The third-order valence-corrected chi connectivity index (χ3v) is 2.18. The van der Waals surface area contributed by atoms with Crippen molar-refractivity contribution in [1.82, 2.24) is 0 Å². The van der Waals surface area contributed by atoms with E-state index in [0.717, 1.165) is 5.69 Å². The molecule has 0 aliphatic carbocycles. The molecule has 2 rings (SSSR count). The van der Waals surface area contributed by atoms with E-state index in [0.29, 0.717) is 11.5 Å². The van der Waals surface area contributed by atoms with Gasteiger partial charge in [0.15, 0.2) is 11.5 Å². The van der Waals surface area contributed by atoms with E-state index < -0.39 is 11.9 Å². The number of amides is 1. The number of ether oxygens (including phenoxy) is 2. The summed E-state index contributed by atoms with van der Waals surface area (Å²) in [5, 5.41) is 2.96. The quantitative estimate of drug-likeness (QED) is 0.766. The van der Waals surface area contributed by atoms with E-state index in [2.05, 4.69) is 5.32 Å². The first-order chi connectivity index (χ1) is 7.16. The van der Waals surface area contributed by atoms with Crippen LogP contribution in [0.15, 0.2) is 18.2 Å². The minimum Gasteiger partial charge on any atom is -0.454 e. The van der Waals surface area contributed by atoms with Gasteiger partial charge in [-0.15, -0.1) is 0 Å². The second-order valence-electron chi connectivity index (χ2n) is 3.34. The second-order valence-corrected chi connectivity index (χ2v) is 3.34. The summed E-state index contributed by atoms with van der Waals surface area (Å²) in [6, 6.07) is 4.97. The Labute approximate surface area is 87.2 Å². The van der Waals surface area contributed by atoms with Gasteiger partial charge in [0.25, 0.3) is 0 Å². The Kier molecular flexibility index (Phi) is 2.37. The van der Waals surface area contributed by atoms with Crippen molar-refractivity contribution in [2.24, 2.45) is 5.73 Å². The number of carbonyl (C=O) groups excluding carboxylic acids is 1. The molecule has 0 spiro atoms. The number of rotatable bonds is 3. The zero-order chi connectivity index (χ0) is 10.8. The van der Waals surface area contributed by atoms with Crippen LogP contribution in [0.2, 0.25) is 0 Å². The fraction of sp³-hybridized carbons (Fsp3) is 0.300. The SMILES string of the molecule is CC(Nc1ccc2c(c1)OCO2)C(N)=O. The smallest absolute Gasteiger partial charge is 0.239 e. The summed E-state index contributed by atoms with van der Waals surface area (Å²) >= 11 is 0. The lowest BCUT2D eigenvalue weighted by Crippen LogP contribution is -2.32. The number of carbonyl (C=O) groups is 1. The molecular formula is C10H12N2O3. The van der Waals surface area contributed by atoms with Crippen molar-refractivity contribution >= 4 is 11.6 Å². The number of primary amides is 1. The predicted molar refractivity (Wildman–Crippen MR) is 54.8 cm³/mol. The second kappa shape index (κ2) is 3.68. The molecule has 1 unspecified atom stereocenters. The van der Waals surface area contributed by atoms with Crippen LogP contribution >= 0.6 is 0 Å². The average molecular weight is 208 g/mol. The zero-order valence-corrected chi connectivity index (χ0v) is 8.32. The number of hydrogen-bond donors (Lipinski definition) is 2. The molecule has 1 aliphatic heterocycles. The van der Waals surface area contributed by atoms with Gasteiger partial charge in [-0.05, 0) is 19.1 Å². The molecule has 0 saturated carbocycles. The summed E-state index contributed by atoms with van der Waals surface area (Å²) in [7, 11) is 0. The summed E-state index contributed by atoms with van der Waals surface area (Å²) in [4.78, 5) is 10.8. The minimum absolute atomic E-state index is 0.240. The topological polar surface area (TPSA) is 73.6 Å². The van der Waals surface area contributed by atoms with Crippen molar-refractivity contribution in [3.05, 3.63) is 18.2 Å². The first-order valence-electron chi connectivity index (χ1n) is 4.62. The van der Waals surface area contributed by atoms with Crippen molar-refractivity contribution in [3.63, 3.8) is 0 Å². The first kappa shape index (κ1) is 9.64. The lowest BCUT2D eigenvalue weighted by molar-refractivity contribution is -0.118. The Bertz CT molecular complexity index is 392. The largest absolute Gasteiger partial charge is 0.454 e. The molecule has 3 N–H and O–H groups in total. The fourth-order valence-corrected chi connectivity index (χ4v) is 1.31. The van der Waals surface area contributed by atoms with Gasteiger partial charge in [-0.1, -0.05) is 0 Å². The van der Waals surface area contributed by atoms with E-state index in [1.54, 1.807) is 19.1 Å². The Hall–Kier alpha value is -1.91. The van der Waals surface area contributed by atoms with Crippen molar-refractivity contribution < 1.29 is 14.3 Å². The van der Waals surface area contributed by atoms with Crippen LogP contribution in [-0.4, -0.2) is 18.7 Å². The maximum absolute atomic E-state index is 10.8. The molecule has 15 heavy (non-hydrogen) atoms. The molecule has 0 radical (unpaired) electrons. The van der Waals surface area contributed by atoms with Gasteiger partial charge in [-0.25, -0.2) is 0 Å². The maximum atomic E-state index is 10.8. The molecular weight excluding hydrogens is 196 g/mol. The zero-order valence-electron chi connectivity index (χ0n) is 8.32. The van der Waals surface area contributed by atoms with Gasteiger partial charge < -0.3 is 20.5 Å². The summed E-state index contributed by atoms with van der Waals surface area (Å²) in [6.07, 6.45) is 0. The number of anilines is 1. The summed E-state index contributed by atoms with van der Waals surface area (Å²) in [6.45, 7) is 1.94. The number of hydrogen-bond acceptors (Lipinski definition) is 4. The lowest BCUT2D eigenvalue weighted by atomic mass is 10.2. The standard InChI is InChI=1S/C10H12N2O3/c1-6(10(11)13)12-7-2-3-8-9(4-7)15-5-14-8/h2-4,6,12H,5H2,1H3,(H2,11,13). The Morgan fingerprint density at radius 1 is 1.47 bits per heavy atom. The van der Waals surface area contributed by atoms with Gasteiger partial charge in [0.2, 0.25) is 12.7 Å². The van der Waals surface area contributed by atoms with Gasteiger partial charge in [-0.3, -0.25) is 4.79 Å². The van der Waals surface area contributed by atoms with Crippen LogP contribution < -0.4 is 20.5 Å². The van der Waals surface area contributed by atoms with E-state index in [4.69, 9.17) is 15.2 Å². The highest BCUT2D eigenvalue weighted by Crippen LogP contribution is 2.34.